The number of rotatable bonds is 6. The Morgan fingerprint density at radius 3 is 2.52 bits per heavy atom. The van der Waals surface area contributed by atoms with Gasteiger partial charge < -0.3 is 19.9 Å². The van der Waals surface area contributed by atoms with Crippen LogP contribution in [0.3, 0.4) is 0 Å². The number of nitrogens with zero attached hydrogens (tertiary/aromatic N) is 4. The Balaban J connectivity index is 1.45. The second kappa shape index (κ2) is 8.47. The van der Waals surface area contributed by atoms with Crippen molar-refractivity contribution >= 4 is 17.1 Å². The lowest BCUT2D eigenvalue weighted by Gasteiger charge is -2.38. The van der Waals surface area contributed by atoms with E-state index in [0.717, 1.165) is 44.0 Å². The van der Waals surface area contributed by atoms with Gasteiger partial charge in [-0.15, -0.1) is 0 Å². The van der Waals surface area contributed by atoms with Crippen LogP contribution < -0.4 is 9.64 Å². The predicted octanol–water partition coefficient (Wildman–Crippen LogP) is 3.65. The van der Waals surface area contributed by atoms with Crippen LogP contribution in [0.15, 0.2) is 59.4 Å². The van der Waals surface area contributed by atoms with Crippen LogP contribution in [0.4, 0.5) is 5.69 Å². The molecular weight excluding hydrogens is 362 g/mol. The van der Waals surface area contributed by atoms with E-state index in [1.165, 1.54) is 16.9 Å². The van der Waals surface area contributed by atoms with E-state index in [0.29, 0.717) is 18.0 Å². The van der Waals surface area contributed by atoms with Gasteiger partial charge in [-0.25, -0.2) is 4.98 Å². The minimum absolute atomic E-state index is 0.629. The highest BCUT2D eigenvalue weighted by atomic mass is 16.5. The predicted molar refractivity (Wildman–Crippen MR) is 118 cm³/mol. The molecule has 1 saturated heterocycles. The van der Waals surface area contributed by atoms with E-state index in [1.54, 1.807) is 7.11 Å². The molecule has 0 atom stereocenters. The molecule has 29 heavy (non-hydrogen) atoms. The fourth-order valence-electron chi connectivity index (χ4n) is 3.92. The Labute approximate surface area is 172 Å². The summed E-state index contributed by atoms with van der Waals surface area (Å²) in [6.45, 7) is 6.48. The van der Waals surface area contributed by atoms with Gasteiger partial charge >= 0.3 is 0 Å². The third kappa shape index (κ3) is 4.31. The van der Waals surface area contributed by atoms with E-state index in [2.05, 4.69) is 56.2 Å². The number of ether oxygens (including phenoxy) is 1. The van der Waals surface area contributed by atoms with Crippen molar-refractivity contribution in [2.24, 2.45) is 4.99 Å². The molecule has 4 rings (SSSR count). The van der Waals surface area contributed by atoms with Crippen molar-refractivity contribution in [3.8, 4) is 17.0 Å². The van der Waals surface area contributed by atoms with Crippen molar-refractivity contribution < 1.29 is 4.74 Å². The topological polar surface area (TPSA) is 64.8 Å². The van der Waals surface area contributed by atoms with Gasteiger partial charge in [-0.3, -0.25) is 4.99 Å². The molecule has 0 bridgehead atoms. The highest BCUT2D eigenvalue weighted by molar-refractivity contribution is 6.09. The van der Waals surface area contributed by atoms with Gasteiger partial charge in [0.2, 0.25) is 5.88 Å². The number of hydrogen-bond acceptors (Lipinski definition) is 6. The van der Waals surface area contributed by atoms with Crippen molar-refractivity contribution in [1.82, 2.24) is 9.88 Å². The molecule has 0 saturated carbocycles. The van der Waals surface area contributed by atoms with Gasteiger partial charge in [0.05, 0.1) is 13.7 Å². The standard InChI is InChI=1S/C23H27N5O/c1-17(24)13-19-14-20(16-25-19)27-9-11-28(12-10-27)22-6-4-3-5-21(22)18-7-8-23(29-2)26-15-18/h3-8,14-15,24H,9-13,16H2,1-2H3. The number of nitrogens with one attached hydrogen (secondary N) is 1. The van der Waals surface area contributed by atoms with Crippen LogP contribution in [0.2, 0.25) is 0 Å². The normalized spacial score (nSPS) is 16.5. The van der Waals surface area contributed by atoms with Crippen LogP contribution in [-0.2, 0) is 0 Å². The Hall–Kier alpha value is -3.15. The molecule has 2 aliphatic rings. The number of benzene rings is 1. The molecule has 1 aromatic heterocycles. The van der Waals surface area contributed by atoms with Crippen molar-refractivity contribution in [3.05, 3.63) is 54.4 Å². The third-order valence-corrected chi connectivity index (χ3v) is 5.41. The molecule has 2 aliphatic heterocycles. The van der Waals surface area contributed by atoms with Crippen molar-refractivity contribution in [1.29, 1.82) is 5.41 Å². The summed E-state index contributed by atoms with van der Waals surface area (Å²) in [5.74, 6) is 0.629. The lowest BCUT2D eigenvalue weighted by atomic mass is 10.0. The Morgan fingerprint density at radius 2 is 1.83 bits per heavy atom. The maximum Gasteiger partial charge on any atom is 0.212 e. The summed E-state index contributed by atoms with van der Waals surface area (Å²) in [5, 5.41) is 7.66. The number of allylic oxidation sites excluding steroid dienone is 1. The van der Waals surface area contributed by atoms with Crippen molar-refractivity contribution in [2.75, 3.05) is 44.7 Å². The van der Waals surface area contributed by atoms with Gasteiger partial charge in [0.1, 0.15) is 0 Å². The number of aliphatic imine (C=N–C) groups is 1. The zero-order chi connectivity index (χ0) is 20.2. The van der Waals surface area contributed by atoms with E-state index in [4.69, 9.17) is 10.1 Å². The van der Waals surface area contributed by atoms with E-state index < -0.39 is 0 Å². The number of para-hydroxylation sites is 1. The highest BCUT2D eigenvalue weighted by Gasteiger charge is 2.23. The molecule has 6 heteroatoms. The van der Waals surface area contributed by atoms with Crippen molar-refractivity contribution in [3.63, 3.8) is 0 Å². The molecule has 0 spiro atoms. The number of hydrogen-bond donors (Lipinski definition) is 1. The molecular formula is C23H27N5O. The molecule has 1 fully saturated rings. The van der Waals surface area contributed by atoms with Gasteiger partial charge in [-0.1, -0.05) is 18.2 Å². The summed E-state index contributed by atoms with van der Waals surface area (Å²) in [6, 6.07) is 12.5. The molecule has 0 radical (unpaired) electrons. The highest BCUT2D eigenvalue weighted by Crippen LogP contribution is 2.32. The summed E-state index contributed by atoms with van der Waals surface area (Å²) in [6.07, 6.45) is 4.71. The molecule has 3 heterocycles. The average Bonchev–Trinajstić information content (AvgIpc) is 3.22. The largest absolute Gasteiger partial charge is 0.481 e. The summed E-state index contributed by atoms with van der Waals surface area (Å²) in [4.78, 5) is 13.8. The quantitative estimate of drug-likeness (QED) is 0.766. The fraction of sp³-hybridized carbons (Fsp3) is 0.348. The van der Waals surface area contributed by atoms with E-state index >= 15 is 0 Å². The second-order valence-electron chi connectivity index (χ2n) is 7.48. The van der Waals surface area contributed by atoms with Crippen LogP contribution in [0.5, 0.6) is 5.88 Å². The van der Waals surface area contributed by atoms with Crippen LogP contribution in [-0.4, -0.2) is 61.1 Å². The van der Waals surface area contributed by atoms with Gasteiger partial charge in [0.15, 0.2) is 0 Å². The maximum atomic E-state index is 7.66. The summed E-state index contributed by atoms with van der Waals surface area (Å²) < 4.78 is 5.19. The Morgan fingerprint density at radius 1 is 1.07 bits per heavy atom. The molecule has 2 aromatic rings. The van der Waals surface area contributed by atoms with E-state index in [1.807, 2.05) is 19.2 Å². The lowest BCUT2D eigenvalue weighted by Crippen LogP contribution is -2.46. The first kappa shape index (κ1) is 19.2. The molecule has 1 aromatic carbocycles. The smallest absolute Gasteiger partial charge is 0.212 e. The van der Waals surface area contributed by atoms with E-state index in [9.17, 15) is 0 Å². The molecule has 0 amide bonds. The molecule has 0 unspecified atom stereocenters. The first-order valence-electron chi connectivity index (χ1n) is 10.0. The molecule has 6 nitrogen and oxygen atoms in total. The van der Waals surface area contributed by atoms with Crippen LogP contribution in [0.25, 0.3) is 11.1 Å². The first-order chi connectivity index (χ1) is 14.1. The minimum Gasteiger partial charge on any atom is -0.481 e. The zero-order valence-electron chi connectivity index (χ0n) is 17.1. The van der Waals surface area contributed by atoms with E-state index in [-0.39, 0.29) is 0 Å². The monoisotopic (exact) mass is 389 g/mol. The number of pyridine rings is 1. The van der Waals surface area contributed by atoms with Crippen LogP contribution in [0.1, 0.15) is 13.3 Å². The SMILES string of the molecule is COc1ccc(-c2ccccc2N2CCN(C3=CC(CC(C)=N)=NC3)CC2)cn1. The summed E-state index contributed by atoms with van der Waals surface area (Å²) >= 11 is 0. The third-order valence-electron chi connectivity index (χ3n) is 5.41. The maximum absolute atomic E-state index is 7.66. The van der Waals surface area contributed by atoms with Crippen LogP contribution >= 0.6 is 0 Å². The minimum atomic E-state index is 0.629. The Kier molecular flexibility index (Phi) is 5.60. The molecule has 150 valence electrons. The molecule has 1 N–H and O–H groups in total. The number of methoxy groups -OCH3 is 1. The van der Waals surface area contributed by atoms with Gasteiger partial charge in [0.25, 0.3) is 0 Å². The van der Waals surface area contributed by atoms with Gasteiger partial charge in [0, 0.05) is 78.8 Å². The molecule has 0 aliphatic carbocycles. The zero-order valence-corrected chi connectivity index (χ0v) is 17.1. The summed E-state index contributed by atoms with van der Waals surface area (Å²) in [5.41, 5.74) is 6.53. The number of piperazine rings is 1. The fourth-order valence-corrected chi connectivity index (χ4v) is 3.92. The lowest BCUT2D eigenvalue weighted by molar-refractivity contribution is 0.320. The second-order valence-corrected chi connectivity index (χ2v) is 7.48. The van der Waals surface area contributed by atoms with Crippen LogP contribution in [0, 0.1) is 5.41 Å². The Bertz CT molecular complexity index is 940. The van der Waals surface area contributed by atoms with Crippen molar-refractivity contribution in [2.45, 2.75) is 13.3 Å². The van der Waals surface area contributed by atoms with Gasteiger partial charge in [-0.2, -0.15) is 0 Å². The van der Waals surface area contributed by atoms with Gasteiger partial charge in [-0.05, 0) is 25.1 Å². The first-order valence-corrected chi connectivity index (χ1v) is 10.0. The average molecular weight is 390 g/mol. The summed E-state index contributed by atoms with van der Waals surface area (Å²) in [7, 11) is 1.63. The number of anilines is 1. The number of aromatic nitrogens is 1.